The topological polar surface area (TPSA) is 53.4 Å². The van der Waals surface area contributed by atoms with Gasteiger partial charge in [0.05, 0.1) is 11.6 Å². The van der Waals surface area contributed by atoms with Crippen LogP contribution in [0.2, 0.25) is 0 Å². The number of carboxylic acids is 1. The van der Waals surface area contributed by atoms with Gasteiger partial charge in [-0.3, -0.25) is 14.7 Å². The van der Waals surface area contributed by atoms with Crippen LogP contribution >= 0.6 is 0 Å². The lowest BCUT2D eigenvalue weighted by atomic mass is 9.96. The number of hydrogen-bond acceptors (Lipinski definition) is 3. The first-order valence-corrected chi connectivity index (χ1v) is 8.92. The summed E-state index contributed by atoms with van der Waals surface area (Å²) in [6.45, 7) is 8.98. The van der Waals surface area contributed by atoms with Crippen LogP contribution in [0.25, 0.3) is 11.3 Å². The Kier molecular flexibility index (Phi) is 5.19. The number of nitrogens with zero attached hydrogens (tertiary/aromatic N) is 2. The van der Waals surface area contributed by atoms with E-state index in [1.165, 1.54) is 22.3 Å². The highest BCUT2D eigenvalue weighted by Crippen LogP contribution is 2.25. The first-order valence-electron chi connectivity index (χ1n) is 8.92. The van der Waals surface area contributed by atoms with Crippen LogP contribution in [0.1, 0.15) is 35.1 Å². The second-order valence-electron chi connectivity index (χ2n) is 7.17. The summed E-state index contributed by atoms with van der Waals surface area (Å²) in [5.41, 5.74) is 7.31. The fourth-order valence-corrected chi connectivity index (χ4v) is 3.51. The number of aromatic nitrogens is 1. The van der Waals surface area contributed by atoms with E-state index in [0.717, 1.165) is 43.7 Å². The normalized spacial score (nSPS) is 16.1. The Morgan fingerprint density at radius 3 is 2.40 bits per heavy atom. The summed E-state index contributed by atoms with van der Waals surface area (Å²) in [5.74, 6) is -0.835. The van der Waals surface area contributed by atoms with Crippen molar-refractivity contribution in [2.75, 3.05) is 13.1 Å². The lowest BCUT2D eigenvalue weighted by Gasteiger charge is -2.30. The summed E-state index contributed by atoms with van der Waals surface area (Å²) in [6.07, 6.45) is 3.35. The molecule has 1 aromatic carbocycles. The lowest BCUT2D eigenvalue weighted by molar-refractivity contribution is -0.143. The maximum Gasteiger partial charge on any atom is 0.306 e. The number of pyridine rings is 1. The molecule has 1 aliphatic rings. The number of benzene rings is 1. The zero-order chi connectivity index (χ0) is 18.0. The van der Waals surface area contributed by atoms with Gasteiger partial charge in [0.25, 0.3) is 0 Å². The molecular formula is C21H26N2O2. The minimum Gasteiger partial charge on any atom is -0.481 e. The highest BCUT2D eigenvalue weighted by molar-refractivity contribution is 5.70. The Labute approximate surface area is 149 Å². The van der Waals surface area contributed by atoms with Crippen LogP contribution in [-0.2, 0) is 11.3 Å². The molecule has 1 saturated heterocycles. The predicted octanol–water partition coefficient (Wildman–Crippen LogP) is 3.97. The molecule has 132 valence electrons. The van der Waals surface area contributed by atoms with Gasteiger partial charge >= 0.3 is 5.97 Å². The van der Waals surface area contributed by atoms with Gasteiger partial charge in [-0.25, -0.2) is 0 Å². The average Bonchev–Trinajstić information content (AvgIpc) is 2.60. The molecule has 0 atom stereocenters. The molecule has 0 bridgehead atoms. The first kappa shape index (κ1) is 17.6. The molecule has 25 heavy (non-hydrogen) atoms. The molecular weight excluding hydrogens is 312 g/mol. The van der Waals surface area contributed by atoms with Crippen LogP contribution in [-0.4, -0.2) is 34.0 Å². The second-order valence-corrected chi connectivity index (χ2v) is 7.17. The third-order valence-electron chi connectivity index (χ3n) is 5.39. The minimum absolute atomic E-state index is 0.178. The average molecular weight is 338 g/mol. The molecule has 0 saturated carbocycles. The zero-order valence-corrected chi connectivity index (χ0v) is 15.2. The van der Waals surface area contributed by atoms with E-state index in [1.54, 1.807) is 0 Å². The number of hydrogen-bond donors (Lipinski definition) is 1. The lowest BCUT2D eigenvalue weighted by Crippen LogP contribution is -2.35. The van der Waals surface area contributed by atoms with Gasteiger partial charge in [0, 0.05) is 18.3 Å². The van der Waals surface area contributed by atoms with Crippen LogP contribution in [0.4, 0.5) is 0 Å². The number of carbonyl (C=O) groups is 1. The minimum atomic E-state index is -0.657. The number of rotatable bonds is 4. The van der Waals surface area contributed by atoms with Crippen molar-refractivity contribution in [3.8, 4) is 11.3 Å². The number of carboxylic acid groups (broad SMARTS) is 1. The summed E-state index contributed by atoms with van der Waals surface area (Å²) in [6, 6.07) is 8.62. The molecule has 0 unspecified atom stereocenters. The van der Waals surface area contributed by atoms with Crippen molar-refractivity contribution in [2.24, 2.45) is 5.92 Å². The third-order valence-corrected chi connectivity index (χ3v) is 5.39. The van der Waals surface area contributed by atoms with E-state index in [1.807, 2.05) is 6.20 Å². The molecule has 2 aromatic rings. The van der Waals surface area contributed by atoms with Crippen molar-refractivity contribution in [3.05, 3.63) is 52.7 Å². The van der Waals surface area contributed by atoms with E-state index < -0.39 is 5.97 Å². The summed E-state index contributed by atoms with van der Waals surface area (Å²) in [7, 11) is 0. The van der Waals surface area contributed by atoms with Gasteiger partial charge in [-0.2, -0.15) is 0 Å². The van der Waals surface area contributed by atoms with Crippen molar-refractivity contribution < 1.29 is 9.90 Å². The number of aliphatic carboxylic acids is 1. The van der Waals surface area contributed by atoms with E-state index in [9.17, 15) is 4.79 Å². The standard InChI is InChI=1S/C21H26N2O2/c1-14-10-19(11-15(2)16(14)3)20-12-17(4-7-22-20)13-23-8-5-18(6-9-23)21(24)25/h4,7,10-12,18H,5-6,8-9,13H2,1-3H3,(H,24,25). The molecule has 0 aliphatic carbocycles. The Balaban J connectivity index is 1.73. The Morgan fingerprint density at radius 1 is 1.16 bits per heavy atom. The molecule has 1 N–H and O–H groups in total. The van der Waals surface area contributed by atoms with E-state index in [2.05, 4.69) is 54.9 Å². The fraction of sp³-hybridized carbons (Fsp3) is 0.429. The highest BCUT2D eigenvalue weighted by Gasteiger charge is 2.24. The van der Waals surface area contributed by atoms with Crippen molar-refractivity contribution in [1.29, 1.82) is 0 Å². The molecule has 4 heteroatoms. The van der Waals surface area contributed by atoms with E-state index in [0.29, 0.717) is 0 Å². The molecule has 1 fully saturated rings. The largest absolute Gasteiger partial charge is 0.481 e. The Bertz CT molecular complexity index is 754. The maximum absolute atomic E-state index is 11.1. The molecule has 0 radical (unpaired) electrons. The monoisotopic (exact) mass is 338 g/mol. The van der Waals surface area contributed by atoms with E-state index in [4.69, 9.17) is 5.11 Å². The first-order chi connectivity index (χ1) is 11.9. The zero-order valence-electron chi connectivity index (χ0n) is 15.2. The van der Waals surface area contributed by atoms with Crippen molar-refractivity contribution in [2.45, 2.75) is 40.2 Å². The number of piperidine rings is 1. The van der Waals surface area contributed by atoms with Crippen molar-refractivity contribution >= 4 is 5.97 Å². The van der Waals surface area contributed by atoms with Gasteiger partial charge in [0.15, 0.2) is 0 Å². The van der Waals surface area contributed by atoms with Crippen LogP contribution in [0.5, 0.6) is 0 Å². The summed E-state index contributed by atoms with van der Waals surface area (Å²) >= 11 is 0. The van der Waals surface area contributed by atoms with Crippen LogP contribution < -0.4 is 0 Å². The molecule has 1 aromatic heterocycles. The third kappa shape index (κ3) is 4.07. The van der Waals surface area contributed by atoms with Gasteiger partial charge in [-0.15, -0.1) is 0 Å². The van der Waals surface area contributed by atoms with Crippen LogP contribution in [0.15, 0.2) is 30.5 Å². The van der Waals surface area contributed by atoms with E-state index >= 15 is 0 Å². The molecule has 1 aliphatic heterocycles. The summed E-state index contributed by atoms with van der Waals surface area (Å²) < 4.78 is 0. The molecule has 2 heterocycles. The van der Waals surface area contributed by atoms with Crippen LogP contribution in [0, 0.1) is 26.7 Å². The highest BCUT2D eigenvalue weighted by atomic mass is 16.4. The predicted molar refractivity (Wildman–Crippen MR) is 99.5 cm³/mol. The SMILES string of the molecule is Cc1cc(-c2cc(CN3CCC(C(=O)O)CC3)ccn2)cc(C)c1C. The summed E-state index contributed by atoms with van der Waals surface area (Å²) in [4.78, 5) is 18.0. The van der Waals surface area contributed by atoms with Crippen molar-refractivity contribution in [3.63, 3.8) is 0 Å². The Morgan fingerprint density at radius 2 is 1.80 bits per heavy atom. The number of aryl methyl sites for hydroxylation is 2. The smallest absolute Gasteiger partial charge is 0.306 e. The van der Waals surface area contributed by atoms with Gasteiger partial charge in [-0.05, 0) is 93.2 Å². The molecule has 0 amide bonds. The summed E-state index contributed by atoms with van der Waals surface area (Å²) in [5, 5.41) is 9.11. The van der Waals surface area contributed by atoms with Gasteiger partial charge in [0.2, 0.25) is 0 Å². The van der Waals surface area contributed by atoms with Crippen LogP contribution in [0.3, 0.4) is 0 Å². The maximum atomic E-state index is 11.1. The molecule has 3 rings (SSSR count). The second kappa shape index (κ2) is 7.36. The number of likely N-dealkylation sites (tertiary alicyclic amines) is 1. The van der Waals surface area contributed by atoms with Gasteiger partial charge in [0.1, 0.15) is 0 Å². The van der Waals surface area contributed by atoms with E-state index in [-0.39, 0.29) is 5.92 Å². The Hall–Kier alpha value is -2.20. The van der Waals surface area contributed by atoms with Crippen molar-refractivity contribution in [1.82, 2.24) is 9.88 Å². The molecule has 4 nitrogen and oxygen atoms in total. The van der Waals surface area contributed by atoms with Gasteiger partial charge in [-0.1, -0.05) is 0 Å². The fourth-order valence-electron chi connectivity index (χ4n) is 3.51. The quantitative estimate of drug-likeness (QED) is 0.916. The van der Waals surface area contributed by atoms with Gasteiger partial charge < -0.3 is 5.11 Å². The molecule has 0 spiro atoms.